The second-order valence-electron chi connectivity index (χ2n) is 6.10. The van der Waals surface area contributed by atoms with E-state index in [9.17, 15) is 9.18 Å². The Morgan fingerprint density at radius 2 is 2.04 bits per heavy atom. The number of H-pyrrole nitrogens is 1. The zero-order chi connectivity index (χ0) is 16.9. The Kier molecular flexibility index (Phi) is 5.20. The lowest BCUT2D eigenvalue weighted by Gasteiger charge is -2.30. The van der Waals surface area contributed by atoms with Crippen LogP contribution in [0.15, 0.2) is 24.3 Å². The van der Waals surface area contributed by atoms with Crippen LogP contribution in [0.25, 0.3) is 0 Å². The van der Waals surface area contributed by atoms with E-state index in [1.807, 2.05) is 6.92 Å². The lowest BCUT2D eigenvalue weighted by molar-refractivity contribution is -0.121. The number of likely N-dealkylation sites (tertiary alicyclic amines) is 1. The monoisotopic (exact) mass is 331 g/mol. The number of nitrogens with zero attached hydrogens (tertiary/aromatic N) is 3. The van der Waals surface area contributed by atoms with Crippen LogP contribution >= 0.6 is 0 Å². The predicted molar refractivity (Wildman–Crippen MR) is 88.8 cm³/mol. The summed E-state index contributed by atoms with van der Waals surface area (Å²) in [6.07, 6.45) is 2.44. The summed E-state index contributed by atoms with van der Waals surface area (Å²) in [5, 5.41) is 9.97. The van der Waals surface area contributed by atoms with E-state index in [4.69, 9.17) is 0 Å². The van der Waals surface area contributed by atoms with E-state index < -0.39 is 0 Å². The van der Waals surface area contributed by atoms with Crippen LogP contribution in [-0.2, 0) is 17.8 Å². The van der Waals surface area contributed by atoms with Crippen LogP contribution < -0.4 is 5.32 Å². The minimum absolute atomic E-state index is 0.00719. The second-order valence-corrected chi connectivity index (χ2v) is 6.10. The number of carbonyl (C=O) groups excluding carboxylic acids is 1. The molecule has 6 nitrogen and oxygen atoms in total. The number of hydrogen-bond acceptors (Lipinski definition) is 4. The first-order valence-corrected chi connectivity index (χ1v) is 8.33. The molecular formula is C17H22FN5O. The van der Waals surface area contributed by atoms with Crippen LogP contribution in [0.5, 0.6) is 0 Å². The van der Waals surface area contributed by atoms with E-state index >= 15 is 0 Å². The fourth-order valence-electron chi connectivity index (χ4n) is 2.91. The molecular weight excluding hydrogens is 309 g/mol. The standard InChI is InChI=1S/C17H22FN5O/c1-2-15-20-16(22-21-15)11-23-9-7-12(8-10-23)17(24)19-14-5-3-13(18)4-6-14/h3-6,12H,2,7-11H2,1H3,(H,19,24)(H,20,21,22). The first kappa shape index (κ1) is 16.6. The van der Waals surface area contributed by atoms with Crippen molar-refractivity contribution in [3.8, 4) is 0 Å². The number of rotatable bonds is 5. The van der Waals surface area contributed by atoms with Crippen LogP contribution in [0.3, 0.4) is 0 Å². The lowest BCUT2D eigenvalue weighted by Crippen LogP contribution is -2.38. The van der Waals surface area contributed by atoms with Gasteiger partial charge >= 0.3 is 0 Å². The van der Waals surface area contributed by atoms with E-state index in [2.05, 4.69) is 25.4 Å². The number of aromatic amines is 1. The number of aromatic nitrogens is 3. The molecule has 0 radical (unpaired) electrons. The first-order chi connectivity index (χ1) is 11.6. The number of aryl methyl sites for hydroxylation is 1. The van der Waals surface area contributed by atoms with Gasteiger partial charge in [-0.2, -0.15) is 5.10 Å². The van der Waals surface area contributed by atoms with E-state index in [-0.39, 0.29) is 17.6 Å². The van der Waals surface area contributed by atoms with Crippen molar-refractivity contribution < 1.29 is 9.18 Å². The highest BCUT2D eigenvalue weighted by Gasteiger charge is 2.25. The molecule has 1 aliphatic heterocycles. The summed E-state index contributed by atoms with van der Waals surface area (Å²) in [5.74, 6) is 1.40. The number of halogens is 1. The summed E-state index contributed by atoms with van der Waals surface area (Å²) in [5.41, 5.74) is 0.637. The van der Waals surface area contributed by atoms with Gasteiger partial charge < -0.3 is 5.32 Å². The van der Waals surface area contributed by atoms with Gasteiger partial charge in [0.1, 0.15) is 17.5 Å². The number of hydrogen-bond donors (Lipinski definition) is 2. The third-order valence-corrected chi connectivity index (χ3v) is 4.34. The van der Waals surface area contributed by atoms with Gasteiger partial charge in [-0.15, -0.1) is 0 Å². The average molecular weight is 331 g/mol. The van der Waals surface area contributed by atoms with E-state index in [0.717, 1.165) is 50.5 Å². The SMILES string of the molecule is CCc1n[nH]c(CN2CCC(C(=O)Nc3ccc(F)cc3)CC2)n1. The van der Waals surface area contributed by atoms with E-state index in [0.29, 0.717) is 5.69 Å². The highest BCUT2D eigenvalue weighted by molar-refractivity contribution is 5.92. The summed E-state index contributed by atoms with van der Waals surface area (Å²) >= 11 is 0. The number of piperidine rings is 1. The van der Waals surface area contributed by atoms with Gasteiger partial charge in [0.2, 0.25) is 5.91 Å². The van der Waals surface area contributed by atoms with Crippen LogP contribution in [0.1, 0.15) is 31.4 Å². The third kappa shape index (κ3) is 4.17. The Hall–Kier alpha value is -2.28. The number of nitrogens with one attached hydrogen (secondary N) is 2. The fraction of sp³-hybridized carbons (Fsp3) is 0.471. The molecule has 2 heterocycles. The summed E-state index contributed by atoms with van der Waals surface area (Å²) < 4.78 is 12.9. The van der Waals surface area contributed by atoms with Gasteiger partial charge in [-0.3, -0.25) is 14.8 Å². The summed E-state index contributed by atoms with van der Waals surface area (Å²) in [6.45, 7) is 4.46. The Balaban J connectivity index is 1.47. The van der Waals surface area contributed by atoms with Gasteiger partial charge in [0.05, 0.1) is 6.54 Å². The Morgan fingerprint density at radius 1 is 1.33 bits per heavy atom. The summed E-state index contributed by atoms with van der Waals surface area (Å²) in [7, 11) is 0. The molecule has 1 aliphatic rings. The van der Waals surface area contributed by atoms with Gasteiger partial charge in [-0.1, -0.05) is 6.92 Å². The maximum Gasteiger partial charge on any atom is 0.227 e. The fourth-order valence-corrected chi connectivity index (χ4v) is 2.91. The molecule has 7 heteroatoms. The molecule has 0 aliphatic carbocycles. The van der Waals surface area contributed by atoms with Crippen molar-refractivity contribution in [3.63, 3.8) is 0 Å². The lowest BCUT2D eigenvalue weighted by atomic mass is 9.96. The molecule has 0 bridgehead atoms. The Bertz CT molecular complexity index is 677. The van der Waals surface area contributed by atoms with Gasteiger partial charge in [-0.05, 0) is 50.2 Å². The van der Waals surface area contributed by atoms with Crippen molar-refractivity contribution >= 4 is 11.6 Å². The zero-order valence-electron chi connectivity index (χ0n) is 13.8. The smallest absolute Gasteiger partial charge is 0.227 e. The molecule has 128 valence electrons. The van der Waals surface area contributed by atoms with Gasteiger partial charge in [0.15, 0.2) is 0 Å². The first-order valence-electron chi connectivity index (χ1n) is 8.33. The number of benzene rings is 1. The van der Waals surface area contributed by atoms with Gasteiger partial charge in [0, 0.05) is 18.0 Å². The highest BCUT2D eigenvalue weighted by Crippen LogP contribution is 2.20. The minimum atomic E-state index is -0.306. The molecule has 0 unspecified atom stereocenters. The largest absolute Gasteiger partial charge is 0.326 e. The van der Waals surface area contributed by atoms with Gasteiger partial charge in [0.25, 0.3) is 0 Å². The minimum Gasteiger partial charge on any atom is -0.326 e. The third-order valence-electron chi connectivity index (χ3n) is 4.34. The maximum atomic E-state index is 12.9. The number of carbonyl (C=O) groups is 1. The molecule has 1 amide bonds. The molecule has 1 aromatic heterocycles. The molecule has 1 saturated heterocycles. The number of anilines is 1. The molecule has 2 N–H and O–H groups in total. The second kappa shape index (κ2) is 7.53. The zero-order valence-corrected chi connectivity index (χ0v) is 13.8. The van der Waals surface area contributed by atoms with Crippen LogP contribution in [-0.4, -0.2) is 39.1 Å². The topological polar surface area (TPSA) is 73.9 Å². The van der Waals surface area contributed by atoms with E-state index in [1.165, 1.54) is 12.1 Å². The Morgan fingerprint density at radius 3 is 2.67 bits per heavy atom. The van der Waals surface area contributed by atoms with Crippen LogP contribution in [0, 0.1) is 11.7 Å². The molecule has 0 spiro atoms. The van der Waals surface area contributed by atoms with Crippen molar-refractivity contribution in [1.82, 2.24) is 20.1 Å². The molecule has 0 atom stereocenters. The van der Waals surface area contributed by atoms with Crippen LogP contribution in [0.2, 0.25) is 0 Å². The van der Waals surface area contributed by atoms with Crippen molar-refractivity contribution in [2.24, 2.45) is 5.92 Å². The predicted octanol–water partition coefficient (Wildman–Crippen LogP) is 2.36. The number of amides is 1. The highest BCUT2D eigenvalue weighted by atomic mass is 19.1. The molecule has 0 saturated carbocycles. The molecule has 1 aromatic carbocycles. The molecule has 1 fully saturated rings. The van der Waals surface area contributed by atoms with Crippen molar-refractivity contribution in [3.05, 3.63) is 41.7 Å². The van der Waals surface area contributed by atoms with E-state index in [1.54, 1.807) is 12.1 Å². The summed E-state index contributed by atoms with van der Waals surface area (Å²) in [4.78, 5) is 19.0. The summed E-state index contributed by atoms with van der Waals surface area (Å²) in [6, 6.07) is 5.86. The Labute approximate surface area is 140 Å². The maximum absolute atomic E-state index is 12.9. The molecule has 2 aromatic rings. The average Bonchev–Trinajstić information content (AvgIpc) is 3.05. The molecule has 3 rings (SSSR count). The van der Waals surface area contributed by atoms with Crippen molar-refractivity contribution in [2.75, 3.05) is 18.4 Å². The quantitative estimate of drug-likeness (QED) is 0.882. The van der Waals surface area contributed by atoms with Crippen molar-refractivity contribution in [1.29, 1.82) is 0 Å². The molecule has 24 heavy (non-hydrogen) atoms. The van der Waals surface area contributed by atoms with Crippen molar-refractivity contribution in [2.45, 2.75) is 32.7 Å². The van der Waals surface area contributed by atoms with Crippen LogP contribution in [0.4, 0.5) is 10.1 Å². The van der Waals surface area contributed by atoms with Gasteiger partial charge in [-0.25, -0.2) is 9.37 Å². The normalized spacial score (nSPS) is 16.2.